The lowest BCUT2D eigenvalue weighted by molar-refractivity contribution is -0.115. The number of allylic oxidation sites excluding steroid dienone is 2. The van der Waals surface area contributed by atoms with Crippen LogP contribution in [0.1, 0.15) is 19.3 Å². The van der Waals surface area contributed by atoms with E-state index in [1.54, 1.807) is 13.2 Å². The third-order valence-electron chi connectivity index (χ3n) is 2.89. The molecule has 0 saturated carbocycles. The number of benzene rings is 1. The Bertz CT molecular complexity index is 526. The predicted molar refractivity (Wildman–Crippen MR) is 82.4 cm³/mol. The number of ketones is 1. The average Bonchev–Trinajstić information content (AvgIpc) is 2.46. The van der Waals surface area contributed by atoms with Gasteiger partial charge in [-0.15, -0.1) is 0 Å². The molecule has 0 radical (unpaired) electrons. The molecule has 0 fully saturated rings. The Morgan fingerprint density at radius 3 is 2.65 bits per heavy atom. The molecular weight excluding hydrogens is 274 g/mol. The molecule has 106 valence electrons. The predicted octanol–water partition coefficient (Wildman–Crippen LogP) is 2.12. The molecule has 0 saturated heterocycles. The second-order valence-corrected chi connectivity index (χ2v) is 4.83. The van der Waals surface area contributed by atoms with Crippen molar-refractivity contribution in [2.45, 2.75) is 19.3 Å². The van der Waals surface area contributed by atoms with Crippen LogP contribution in [0.5, 0.6) is 5.75 Å². The van der Waals surface area contributed by atoms with Crippen LogP contribution in [0.15, 0.2) is 36.0 Å². The number of carbonyl (C=O) groups excluding carboxylic acids is 1. The molecule has 3 N–H and O–H groups in total. The van der Waals surface area contributed by atoms with Crippen LogP contribution in [-0.2, 0) is 4.79 Å². The summed E-state index contributed by atoms with van der Waals surface area (Å²) in [4.78, 5) is 11.3. The highest BCUT2D eigenvalue weighted by atomic mass is 32.1. The molecule has 1 aromatic carbocycles. The maximum atomic E-state index is 11.3. The van der Waals surface area contributed by atoms with Gasteiger partial charge in [-0.25, -0.2) is 0 Å². The molecule has 0 aliphatic heterocycles. The summed E-state index contributed by atoms with van der Waals surface area (Å²) >= 11 is 5.17. The van der Waals surface area contributed by atoms with Gasteiger partial charge in [-0.1, -0.05) is 0 Å². The SMILES string of the molecule is COc1ccc(NC(=S)NNC2=CC(=O)CCC2)cc1. The lowest BCUT2D eigenvalue weighted by Crippen LogP contribution is -2.40. The molecule has 20 heavy (non-hydrogen) atoms. The third-order valence-corrected chi connectivity index (χ3v) is 3.09. The van der Waals surface area contributed by atoms with Gasteiger partial charge in [0.15, 0.2) is 10.9 Å². The minimum absolute atomic E-state index is 0.148. The van der Waals surface area contributed by atoms with Crippen molar-refractivity contribution in [2.24, 2.45) is 0 Å². The van der Waals surface area contributed by atoms with Crippen LogP contribution in [0.3, 0.4) is 0 Å². The first kappa shape index (κ1) is 14.3. The first-order valence-corrected chi connectivity index (χ1v) is 6.78. The van der Waals surface area contributed by atoms with Crippen molar-refractivity contribution in [2.75, 3.05) is 12.4 Å². The lowest BCUT2D eigenvalue weighted by atomic mass is 10.0. The smallest absolute Gasteiger partial charge is 0.189 e. The van der Waals surface area contributed by atoms with Crippen molar-refractivity contribution < 1.29 is 9.53 Å². The molecule has 6 heteroatoms. The van der Waals surface area contributed by atoms with Gasteiger partial charge < -0.3 is 15.5 Å². The molecule has 1 aliphatic carbocycles. The van der Waals surface area contributed by atoms with E-state index in [0.717, 1.165) is 30.0 Å². The standard InChI is InChI=1S/C14H17N3O2S/c1-19-13-7-5-10(6-8-13)15-14(20)17-16-11-3-2-4-12(18)9-11/h5-9,16H,2-4H2,1H3,(H2,15,17,20). The number of hydrogen-bond acceptors (Lipinski definition) is 4. The van der Waals surface area contributed by atoms with Crippen LogP contribution in [0.2, 0.25) is 0 Å². The van der Waals surface area contributed by atoms with Gasteiger partial charge in [0.1, 0.15) is 5.75 Å². The van der Waals surface area contributed by atoms with Crippen molar-refractivity contribution in [3.63, 3.8) is 0 Å². The number of thiocarbonyl (C=S) groups is 1. The molecule has 0 aromatic heterocycles. The molecule has 2 rings (SSSR count). The third kappa shape index (κ3) is 4.24. The summed E-state index contributed by atoms with van der Waals surface area (Å²) in [5.74, 6) is 0.938. The van der Waals surface area contributed by atoms with Gasteiger partial charge in [-0.3, -0.25) is 10.2 Å². The second kappa shape index (κ2) is 6.91. The summed E-state index contributed by atoms with van der Waals surface area (Å²) in [7, 11) is 1.62. The van der Waals surface area contributed by atoms with E-state index in [1.165, 1.54) is 0 Å². The molecule has 0 spiro atoms. The number of ether oxygens (including phenoxy) is 1. The van der Waals surface area contributed by atoms with Crippen molar-refractivity contribution in [3.8, 4) is 5.75 Å². The van der Waals surface area contributed by atoms with Gasteiger partial charge in [0, 0.05) is 23.9 Å². The zero-order chi connectivity index (χ0) is 14.4. The number of carbonyl (C=O) groups is 1. The molecule has 0 amide bonds. The minimum Gasteiger partial charge on any atom is -0.497 e. The minimum atomic E-state index is 0.148. The Hall–Kier alpha value is -2.08. The highest BCUT2D eigenvalue weighted by Crippen LogP contribution is 2.15. The molecule has 0 bridgehead atoms. The van der Waals surface area contributed by atoms with E-state index < -0.39 is 0 Å². The van der Waals surface area contributed by atoms with E-state index in [4.69, 9.17) is 17.0 Å². The fourth-order valence-electron chi connectivity index (χ4n) is 1.86. The monoisotopic (exact) mass is 291 g/mol. The Labute approximate surface area is 123 Å². The van der Waals surface area contributed by atoms with Crippen LogP contribution < -0.4 is 20.9 Å². The second-order valence-electron chi connectivity index (χ2n) is 4.42. The summed E-state index contributed by atoms with van der Waals surface area (Å²) in [5, 5.41) is 3.47. The largest absolute Gasteiger partial charge is 0.497 e. The molecule has 1 aromatic rings. The van der Waals surface area contributed by atoms with Gasteiger partial charge in [0.2, 0.25) is 0 Å². The van der Waals surface area contributed by atoms with E-state index in [0.29, 0.717) is 11.5 Å². The number of rotatable bonds is 4. The molecule has 0 heterocycles. The fourth-order valence-corrected chi connectivity index (χ4v) is 2.03. The maximum absolute atomic E-state index is 11.3. The van der Waals surface area contributed by atoms with E-state index in [-0.39, 0.29) is 5.78 Å². The van der Waals surface area contributed by atoms with Crippen LogP contribution in [-0.4, -0.2) is 18.0 Å². The summed E-state index contributed by atoms with van der Waals surface area (Å²) in [6.45, 7) is 0. The fraction of sp³-hybridized carbons (Fsp3) is 0.286. The van der Waals surface area contributed by atoms with Crippen LogP contribution in [0.4, 0.5) is 5.69 Å². The highest BCUT2D eigenvalue weighted by Gasteiger charge is 2.09. The van der Waals surface area contributed by atoms with Crippen molar-refractivity contribution in [3.05, 3.63) is 36.0 Å². The summed E-state index contributed by atoms with van der Waals surface area (Å²) in [5.41, 5.74) is 7.55. The molecule has 5 nitrogen and oxygen atoms in total. The van der Waals surface area contributed by atoms with Crippen molar-refractivity contribution in [1.29, 1.82) is 0 Å². The molecule has 0 atom stereocenters. The normalized spacial score (nSPS) is 14.2. The Balaban J connectivity index is 1.81. The van der Waals surface area contributed by atoms with Crippen LogP contribution in [0.25, 0.3) is 0 Å². The number of methoxy groups -OCH3 is 1. The lowest BCUT2D eigenvalue weighted by Gasteiger charge is -2.17. The quantitative estimate of drug-likeness (QED) is 0.583. The zero-order valence-electron chi connectivity index (χ0n) is 11.2. The zero-order valence-corrected chi connectivity index (χ0v) is 12.0. The number of hydrogen-bond donors (Lipinski definition) is 3. The van der Waals surface area contributed by atoms with E-state index in [1.807, 2.05) is 24.3 Å². The molecule has 1 aliphatic rings. The van der Waals surface area contributed by atoms with Gasteiger partial charge in [0.05, 0.1) is 7.11 Å². The van der Waals surface area contributed by atoms with E-state index in [9.17, 15) is 4.79 Å². The van der Waals surface area contributed by atoms with Crippen LogP contribution in [0, 0.1) is 0 Å². The Morgan fingerprint density at radius 1 is 1.25 bits per heavy atom. The topological polar surface area (TPSA) is 62.4 Å². The Morgan fingerprint density at radius 2 is 2.00 bits per heavy atom. The number of nitrogens with one attached hydrogen (secondary N) is 3. The van der Waals surface area contributed by atoms with Crippen molar-refractivity contribution >= 4 is 28.8 Å². The van der Waals surface area contributed by atoms with Gasteiger partial charge in [-0.2, -0.15) is 0 Å². The summed E-state index contributed by atoms with van der Waals surface area (Å²) in [6.07, 6.45) is 3.97. The number of anilines is 1. The average molecular weight is 291 g/mol. The number of hydrazine groups is 1. The summed E-state index contributed by atoms with van der Waals surface area (Å²) < 4.78 is 5.08. The first-order valence-electron chi connectivity index (χ1n) is 6.38. The molecular formula is C14H17N3O2S. The van der Waals surface area contributed by atoms with Gasteiger partial charge in [-0.05, 0) is 49.3 Å². The van der Waals surface area contributed by atoms with Crippen molar-refractivity contribution in [1.82, 2.24) is 10.9 Å². The van der Waals surface area contributed by atoms with E-state index >= 15 is 0 Å². The highest BCUT2D eigenvalue weighted by molar-refractivity contribution is 7.80. The summed E-state index contributed by atoms with van der Waals surface area (Å²) in [6, 6.07) is 7.44. The first-order chi connectivity index (χ1) is 9.67. The van der Waals surface area contributed by atoms with Gasteiger partial charge in [0.25, 0.3) is 0 Å². The maximum Gasteiger partial charge on any atom is 0.189 e. The molecule has 0 unspecified atom stereocenters. The van der Waals surface area contributed by atoms with Crippen LogP contribution >= 0.6 is 12.2 Å². The van der Waals surface area contributed by atoms with Gasteiger partial charge >= 0.3 is 0 Å². The van der Waals surface area contributed by atoms with E-state index in [2.05, 4.69) is 16.2 Å². The Kier molecular flexibility index (Phi) is 4.95.